The molecule has 0 bridgehead atoms. The lowest BCUT2D eigenvalue weighted by Gasteiger charge is -2.21. The van der Waals surface area contributed by atoms with Crippen molar-refractivity contribution >= 4 is 33.4 Å². The van der Waals surface area contributed by atoms with Crippen LogP contribution in [0.1, 0.15) is 12.0 Å². The molecule has 0 saturated carbocycles. The zero-order valence-corrected chi connectivity index (χ0v) is 11.7. The van der Waals surface area contributed by atoms with Crippen molar-refractivity contribution in [3.05, 3.63) is 28.2 Å². The monoisotopic (exact) mass is 350 g/mol. The average molecular weight is 351 g/mol. The van der Waals surface area contributed by atoms with E-state index in [0.717, 1.165) is 11.0 Å². The minimum Gasteiger partial charge on any atom is -0.369 e. The van der Waals surface area contributed by atoms with Gasteiger partial charge in [-0.3, -0.25) is 9.59 Å². The lowest BCUT2D eigenvalue weighted by Crippen LogP contribution is -2.30. The van der Waals surface area contributed by atoms with Crippen LogP contribution in [0.2, 0.25) is 0 Å². The van der Waals surface area contributed by atoms with E-state index in [9.17, 15) is 22.8 Å². The molecule has 108 valence electrons. The summed E-state index contributed by atoms with van der Waals surface area (Å²) in [5.74, 6) is -2.00. The fourth-order valence-corrected chi connectivity index (χ4v) is 2.45. The van der Waals surface area contributed by atoms with Crippen LogP contribution in [-0.2, 0) is 15.8 Å². The van der Waals surface area contributed by atoms with Crippen molar-refractivity contribution in [2.45, 2.75) is 12.6 Å². The third-order valence-electron chi connectivity index (χ3n) is 3.08. The van der Waals surface area contributed by atoms with Gasteiger partial charge in [0.05, 0.1) is 17.2 Å². The standard InChI is InChI=1S/C12H10BrF3N2O2/c13-7-1-2-8(12(14,15)16)9(4-7)18-5-6(11(17)20)3-10(18)19/h1-2,4,6H,3,5H2,(H2,17,20). The topological polar surface area (TPSA) is 63.4 Å². The summed E-state index contributed by atoms with van der Waals surface area (Å²) in [6.45, 7) is -0.131. The summed E-state index contributed by atoms with van der Waals surface area (Å²) in [6.07, 6.45) is -4.75. The Bertz CT molecular complexity index is 574. The van der Waals surface area contributed by atoms with Gasteiger partial charge in [0.25, 0.3) is 0 Å². The Kier molecular flexibility index (Phi) is 3.77. The molecule has 1 saturated heterocycles. The molecule has 2 amide bonds. The van der Waals surface area contributed by atoms with Crippen molar-refractivity contribution in [2.24, 2.45) is 11.7 Å². The van der Waals surface area contributed by atoms with E-state index in [2.05, 4.69) is 15.9 Å². The molecule has 1 aliphatic rings. The molecular weight excluding hydrogens is 341 g/mol. The van der Waals surface area contributed by atoms with E-state index in [1.807, 2.05) is 0 Å². The molecule has 0 aromatic heterocycles. The third kappa shape index (κ3) is 2.79. The molecule has 1 atom stereocenters. The number of benzene rings is 1. The minimum atomic E-state index is -4.58. The number of nitrogens with zero attached hydrogens (tertiary/aromatic N) is 1. The highest BCUT2D eigenvalue weighted by Gasteiger charge is 2.40. The van der Waals surface area contributed by atoms with Crippen LogP contribution in [0.4, 0.5) is 18.9 Å². The van der Waals surface area contributed by atoms with Crippen molar-refractivity contribution in [2.75, 3.05) is 11.4 Å². The first-order valence-electron chi connectivity index (χ1n) is 5.66. The molecule has 1 fully saturated rings. The normalized spacial score (nSPS) is 19.5. The second kappa shape index (κ2) is 5.08. The Hall–Kier alpha value is -1.57. The van der Waals surface area contributed by atoms with Gasteiger partial charge in [-0.2, -0.15) is 13.2 Å². The SMILES string of the molecule is NC(=O)C1CC(=O)N(c2cc(Br)ccc2C(F)(F)F)C1. The maximum absolute atomic E-state index is 13.0. The molecule has 1 heterocycles. The van der Waals surface area contributed by atoms with Gasteiger partial charge < -0.3 is 10.6 Å². The molecule has 2 N–H and O–H groups in total. The molecule has 4 nitrogen and oxygen atoms in total. The van der Waals surface area contributed by atoms with Gasteiger partial charge in [0.2, 0.25) is 11.8 Å². The molecule has 2 rings (SSSR count). The molecule has 0 spiro atoms. The van der Waals surface area contributed by atoms with Crippen LogP contribution in [0.15, 0.2) is 22.7 Å². The number of anilines is 1. The van der Waals surface area contributed by atoms with E-state index < -0.39 is 29.5 Å². The summed E-state index contributed by atoms with van der Waals surface area (Å²) >= 11 is 3.08. The highest BCUT2D eigenvalue weighted by molar-refractivity contribution is 9.10. The molecule has 0 radical (unpaired) electrons. The van der Waals surface area contributed by atoms with E-state index in [1.165, 1.54) is 12.1 Å². The van der Waals surface area contributed by atoms with Gasteiger partial charge in [-0.25, -0.2) is 0 Å². The summed E-state index contributed by atoms with van der Waals surface area (Å²) in [5.41, 5.74) is 3.92. The Labute approximate surface area is 120 Å². The number of carbonyl (C=O) groups is 2. The van der Waals surface area contributed by atoms with Crippen molar-refractivity contribution in [3.8, 4) is 0 Å². The maximum atomic E-state index is 13.0. The van der Waals surface area contributed by atoms with Crippen LogP contribution in [0, 0.1) is 5.92 Å². The highest BCUT2D eigenvalue weighted by atomic mass is 79.9. The second-order valence-corrected chi connectivity index (χ2v) is 5.38. The number of hydrogen-bond acceptors (Lipinski definition) is 2. The van der Waals surface area contributed by atoms with Crippen LogP contribution >= 0.6 is 15.9 Å². The van der Waals surface area contributed by atoms with E-state index >= 15 is 0 Å². The van der Waals surface area contributed by atoms with E-state index in [1.54, 1.807) is 0 Å². The highest BCUT2D eigenvalue weighted by Crippen LogP contribution is 2.39. The first-order valence-corrected chi connectivity index (χ1v) is 6.46. The van der Waals surface area contributed by atoms with Crippen molar-refractivity contribution in [1.29, 1.82) is 0 Å². The first kappa shape index (κ1) is 14.8. The number of halogens is 4. The van der Waals surface area contributed by atoms with Crippen LogP contribution in [0.5, 0.6) is 0 Å². The second-order valence-electron chi connectivity index (χ2n) is 4.47. The summed E-state index contributed by atoms with van der Waals surface area (Å²) in [7, 11) is 0. The summed E-state index contributed by atoms with van der Waals surface area (Å²) in [4.78, 5) is 23.9. The average Bonchev–Trinajstić information content (AvgIpc) is 2.69. The van der Waals surface area contributed by atoms with Crippen LogP contribution in [-0.4, -0.2) is 18.4 Å². The quantitative estimate of drug-likeness (QED) is 0.889. The zero-order valence-electron chi connectivity index (χ0n) is 10.1. The molecule has 1 unspecified atom stereocenters. The maximum Gasteiger partial charge on any atom is 0.418 e. The number of hydrogen-bond donors (Lipinski definition) is 1. The van der Waals surface area contributed by atoms with Crippen LogP contribution < -0.4 is 10.6 Å². The largest absolute Gasteiger partial charge is 0.418 e. The fourth-order valence-electron chi connectivity index (χ4n) is 2.10. The summed E-state index contributed by atoms with van der Waals surface area (Å²) in [5, 5.41) is 0. The minimum absolute atomic E-state index is 0.131. The molecule has 0 aliphatic carbocycles. The summed E-state index contributed by atoms with van der Waals surface area (Å²) in [6, 6.07) is 3.35. The van der Waals surface area contributed by atoms with Gasteiger partial charge in [-0.1, -0.05) is 15.9 Å². The van der Waals surface area contributed by atoms with Crippen LogP contribution in [0.3, 0.4) is 0 Å². The Morgan fingerprint density at radius 1 is 1.40 bits per heavy atom. The first-order chi connectivity index (χ1) is 9.20. The number of alkyl halides is 3. The van der Waals surface area contributed by atoms with Gasteiger partial charge in [-0.15, -0.1) is 0 Å². The van der Waals surface area contributed by atoms with E-state index in [4.69, 9.17) is 5.73 Å². The van der Waals surface area contributed by atoms with Gasteiger partial charge in [-0.05, 0) is 18.2 Å². The number of nitrogens with two attached hydrogens (primary N) is 1. The zero-order chi connectivity index (χ0) is 15.1. The van der Waals surface area contributed by atoms with Crippen LogP contribution in [0.25, 0.3) is 0 Å². The fraction of sp³-hybridized carbons (Fsp3) is 0.333. The van der Waals surface area contributed by atoms with Crippen molar-refractivity contribution in [3.63, 3.8) is 0 Å². The number of rotatable bonds is 2. The van der Waals surface area contributed by atoms with E-state index in [-0.39, 0.29) is 18.7 Å². The number of primary amides is 1. The van der Waals surface area contributed by atoms with Crippen molar-refractivity contribution in [1.82, 2.24) is 0 Å². The predicted molar refractivity (Wildman–Crippen MR) is 68.8 cm³/mol. The number of amides is 2. The summed E-state index contributed by atoms with van der Waals surface area (Å²) < 4.78 is 39.3. The Morgan fingerprint density at radius 3 is 2.55 bits per heavy atom. The molecule has 1 aromatic rings. The molecule has 8 heteroatoms. The van der Waals surface area contributed by atoms with E-state index in [0.29, 0.717) is 4.47 Å². The Morgan fingerprint density at radius 2 is 2.05 bits per heavy atom. The van der Waals surface area contributed by atoms with Gasteiger partial charge in [0.1, 0.15) is 0 Å². The number of carbonyl (C=O) groups excluding carboxylic acids is 2. The van der Waals surface area contributed by atoms with Gasteiger partial charge >= 0.3 is 6.18 Å². The molecule has 20 heavy (non-hydrogen) atoms. The third-order valence-corrected chi connectivity index (χ3v) is 3.58. The molecular formula is C12H10BrF3N2O2. The lowest BCUT2D eigenvalue weighted by atomic mass is 10.1. The smallest absolute Gasteiger partial charge is 0.369 e. The predicted octanol–water partition coefficient (Wildman–Crippen LogP) is 2.31. The van der Waals surface area contributed by atoms with Crippen molar-refractivity contribution < 1.29 is 22.8 Å². The lowest BCUT2D eigenvalue weighted by molar-refractivity contribution is -0.137. The van der Waals surface area contributed by atoms with Gasteiger partial charge in [0.15, 0.2) is 0 Å². The molecule has 1 aliphatic heterocycles. The Balaban J connectivity index is 2.45. The van der Waals surface area contributed by atoms with Gasteiger partial charge in [0, 0.05) is 17.4 Å². The molecule has 1 aromatic carbocycles.